The van der Waals surface area contributed by atoms with Crippen LogP contribution in [0.5, 0.6) is 0 Å². The molecule has 2 aromatic rings. The first-order valence-corrected chi connectivity index (χ1v) is 9.80. The highest BCUT2D eigenvalue weighted by Crippen LogP contribution is 2.24. The Bertz CT molecular complexity index is 674. The number of thioether (sulfide) groups is 1. The molecular formula is C21H25NOS. The number of carbonyl (C=O) groups is 1. The summed E-state index contributed by atoms with van der Waals surface area (Å²) in [6.45, 7) is 4.33. The van der Waals surface area contributed by atoms with E-state index in [-0.39, 0.29) is 5.78 Å². The van der Waals surface area contributed by atoms with Crippen LogP contribution in [0.1, 0.15) is 47.2 Å². The fourth-order valence-electron chi connectivity index (χ4n) is 3.26. The summed E-state index contributed by atoms with van der Waals surface area (Å²) in [5.74, 6) is 1.83. The quantitative estimate of drug-likeness (QED) is 0.611. The SMILES string of the molecule is CCSc1cccc(C(=O)Cc2ccc([C@@H]3CCCNC3)cc2)c1. The number of Topliss-reactive ketones (excluding diaryl/α,β-unsaturated/α-hetero) is 1. The van der Waals surface area contributed by atoms with E-state index in [1.54, 1.807) is 11.8 Å². The molecule has 126 valence electrons. The molecule has 0 aliphatic carbocycles. The molecule has 1 atom stereocenters. The van der Waals surface area contributed by atoms with Crippen LogP contribution in [0.3, 0.4) is 0 Å². The van der Waals surface area contributed by atoms with E-state index < -0.39 is 0 Å². The standard InChI is InChI=1S/C21H25NOS/c1-2-24-20-7-3-5-18(14-20)21(23)13-16-8-10-17(11-9-16)19-6-4-12-22-15-19/h3,5,7-11,14,19,22H,2,4,6,12-13,15H2,1H3/t19-/m1/s1. The molecule has 0 unspecified atom stereocenters. The molecule has 1 heterocycles. The molecule has 0 aromatic heterocycles. The third kappa shape index (κ3) is 4.49. The maximum absolute atomic E-state index is 12.5. The smallest absolute Gasteiger partial charge is 0.167 e. The van der Waals surface area contributed by atoms with Crippen molar-refractivity contribution < 1.29 is 4.79 Å². The van der Waals surface area contributed by atoms with E-state index >= 15 is 0 Å². The number of nitrogens with one attached hydrogen (secondary N) is 1. The van der Waals surface area contributed by atoms with Gasteiger partial charge in [0.2, 0.25) is 0 Å². The van der Waals surface area contributed by atoms with Crippen molar-refractivity contribution in [3.63, 3.8) is 0 Å². The van der Waals surface area contributed by atoms with Gasteiger partial charge in [-0.15, -0.1) is 11.8 Å². The first-order chi connectivity index (χ1) is 11.8. The van der Waals surface area contributed by atoms with Crippen LogP contribution in [0.4, 0.5) is 0 Å². The summed E-state index contributed by atoms with van der Waals surface area (Å²) in [6.07, 6.45) is 2.98. The molecule has 3 heteroatoms. The van der Waals surface area contributed by atoms with Crippen molar-refractivity contribution in [1.29, 1.82) is 0 Å². The largest absolute Gasteiger partial charge is 0.316 e. The van der Waals surface area contributed by atoms with Crippen LogP contribution in [0.2, 0.25) is 0 Å². The second kappa shape index (κ2) is 8.50. The minimum absolute atomic E-state index is 0.195. The van der Waals surface area contributed by atoms with E-state index in [1.165, 1.54) is 23.3 Å². The van der Waals surface area contributed by atoms with Gasteiger partial charge in [-0.3, -0.25) is 4.79 Å². The third-order valence-electron chi connectivity index (χ3n) is 4.58. The summed E-state index contributed by atoms with van der Waals surface area (Å²) in [5, 5.41) is 3.46. The highest BCUT2D eigenvalue weighted by molar-refractivity contribution is 7.99. The van der Waals surface area contributed by atoms with E-state index in [0.717, 1.165) is 30.0 Å². The Labute approximate surface area is 149 Å². The molecule has 0 radical (unpaired) electrons. The van der Waals surface area contributed by atoms with Crippen LogP contribution in [0.25, 0.3) is 0 Å². The van der Waals surface area contributed by atoms with Gasteiger partial charge in [-0.2, -0.15) is 0 Å². The fourth-order valence-corrected chi connectivity index (χ4v) is 3.98. The second-order valence-electron chi connectivity index (χ2n) is 6.35. The lowest BCUT2D eigenvalue weighted by Crippen LogP contribution is -2.28. The number of hydrogen-bond acceptors (Lipinski definition) is 3. The first-order valence-electron chi connectivity index (χ1n) is 8.82. The normalized spacial score (nSPS) is 17.6. The topological polar surface area (TPSA) is 29.1 Å². The molecule has 24 heavy (non-hydrogen) atoms. The molecule has 2 nitrogen and oxygen atoms in total. The second-order valence-corrected chi connectivity index (χ2v) is 7.68. The first kappa shape index (κ1) is 17.2. The van der Waals surface area contributed by atoms with Gasteiger partial charge < -0.3 is 5.32 Å². The van der Waals surface area contributed by atoms with Crippen LogP contribution >= 0.6 is 11.8 Å². The van der Waals surface area contributed by atoms with Crippen LogP contribution < -0.4 is 5.32 Å². The van der Waals surface area contributed by atoms with Crippen molar-refractivity contribution in [2.24, 2.45) is 0 Å². The molecule has 1 aliphatic heterocycles. The summed E-state index contributed by atoms with van der Waals surface area (Å²) in [4.78, 5) is 13.7. The van der Waals surface area contributed by atoms with Gasteiger partial charge in [-0.1, -0.05) is 43.3 Å². The van der Waals surface area contributed by atoms with Gasteiger partial charge in [0.05, 0.1) is 0 Å². The number of ketones is 1. The van der Waals surface area contributed by atoms with Crippen molar-refractivity contribution in [2.45, 2.75) is 37.0 Å². The average molecular weight is 340 g/mol. The molecule has 2 aromatic carbocycles. The molecule has 1 saturated heterocycles. The van der Waals surface area contributed by atoms with Crippen molar-refractivity contribution >= 4 is 17.5 Å². The maximum atomic E-state index is 12.5. The highest BCUT2D eigenvalue weighted by atomic mass is 32.2. The van der Waals surface area contributed by atoms with Gasteiger partial charge >= 0.3 is 0 Å². The maximum Gasteiger partial charge on any atom is 0.167 e. The van der Waals surface area contributed by atoms with Crippen molar-refractivity contribution in [3.05, 3.63) is 65.2 Å². The van der Waals surface area contributed by atoms with Crippen molar-refractivity contribution in [3.8, 4) is 0 Å². The van der Waals surface area contributed by atoms with E-state index in [2.05, 4.69) is 42.6 Å². The lowest BCUT2D eigenvalue weighted by molar-refractivity contribution is 0.0993. The van der Waals surface area contributed by atoms with Gasteiger partial charge in [0.1, 0.15) is 0 Å². The van der Waals surface area contributed by atoms with Crippen LogP contribution in [0, 0.1) is 0 Å². The summed E-state index contributed by atoms with van der Waals surface area (Å²) < 4.78 is 0. The molecule has 0 amide bonds. The zero-order valence-electron chi connectivity index (χ0n) is 14.3. The zero-order chi connectivity index (χ0) is 16.8. The Morgan fingerprint density at radius 2 is 2.04 bits per heavy atom. The summed E-state index contributed by atoms with van der Waals surface area (Å²) >= 11 is 1.77. The van der Waals surface area contributed by atoms with Crippen molar-refractivity contribution in [1.82, 2.24) is 5.32 Å². The van der Waals surface area contributed by atoms with Gasteiger partial charge in [-0.05, 0) is 54.3 Å². The number of piperidine rings is 1. The molecule has 1 N–H and O–H groups in total. The minimum atomic E-state index is 0.195. The van der Waals surface area contributed by atoms with Crippen LogP contribution in [-0.4, -0.2) is 24.6 Å². The molecule has 0 spiro atoms. The van der Waals surface area contributed by atoms with Gasteiger partial charge in [0.15, 0.2) is 5.78 Å². The molecule has 0 saturated carbocycles. The van der Waals surface area contributed by atoms with Crippen molar-refractivity contribution in [2.75, 3.05) is 18.8 Å². The Morgan fingerprint density at radius 1 is 1.21 bits per heavy atom. The molecular weight excluding hydrogens is 314 g/mol. The third-order valence-corrected chi connectivity index (χ3v) is 5.46. The van der Waals surface area contributed by atoms with Crippen LogP contribution in [0.15, 0.2) is 53.4 Å². The van der Waals surface area contributed by atoms with E-state index in [9.17, 15) is 4.79 Å². The predicted octanol–water partition coefficient (Wildman–Crippen LogP) is 4.69. The zero-order valence-corrected chi connectivity index (χ0v) is 15.1. The lowest BCUT2D eigenvalue weighted by atomic mass is 9.90. The minimum Gasteiger partial charge on any atom is -0.316 e. The Kier molecular flexibility index (Phi) is 6.11. The number of hydrogen-bond donors (Lipinski definition) is 1. The van der Waals surface area contributed by atoms with Gasteiger partial charge in [-0.25, -0.2) is 0 Å². The highest BCUT2D eigenvalue weighted by Gasteiger charge is 2.15. The molecule has 1 aliphatic rings. The summed E-state index contributed by atoms with van der Waals surface area (Å²) in [6, 6.07) is 16.6. The summed E-state index contributed by atoms with van der Waals surface area (Å²) in [7, 11) is 0. The van der Waals surface area contributed by atoms with Crippen LogP contribution in [-0.2, 0) is 6.42 Å². The Morgan fingerprint density at radius 3 is 2.75 bits per heavy atom. The van der Waals surface area contributed by atoms with E-state index in [0.29, 0.717) is 12.3 Å². The average Bonchev–Trinajstić information content (AvgIpc) is 2.64. The molecule has 0 bridgehead atoms. The monoisotopic (exact) mass is 339 g/mol. The Balaban J connectivity index is 1.64. The predicted molar refractivity (Wildman–Crippen MR) is 102 cm³/mol. The molecule has 3 rings (SSSR count). The number of benzene rings is 2. The number of carbonyl (C=O) groups excluding carboxylic acids is 1. The summed E-state index contributed by atoms with van der Waals surface area (Å²) in [5.41, 5.74) is 3.30. The van der Waals surface area contributed by atoms with Gasteiger partial charge in [0, 0.05) is 23.4 Å². The van der Waals surface area contributed by atoms with E-state index in [4.69, 9.17) is 0 Å². The molecule has 1 fully saturated rings. The Hall–Kier alpha value is -1.58. The van der Waals surface area contributed by atoms with Gasteiger partial charge in [0.25, 0.3) is 0 Å². The lowest BCUT2D eigenvalue weighted by Gasteiger charge is -2.23. The fraction of sp³-hybridized carbons (Fsp3) is 0.381. The number of rotatable bonds is 6. The van der Waals surface area contributed by atoms with E-state index in [1.807, 2.05) is 18.2 Å².